The highest BCUT2D eigenvalue weighted by atomic mass is 35.5. The van der Waals surface area contributed by atoms with E-state index < -0.39 is 0 Å². The summed E-state index contributed by atoms with van der Waals surface area (Å²) in [5.41, 5.74) is 2.77. The van der Waals surface area contributed by atoms with E-state index in [1.807, 2.05) is 6.07 Å². The standard InChI is InChI=1S/C13H7ClFNO/c14-9-5-12-13(16-6-9)11(7-17-12)8-2-1-3-10(15)4-8/h1-7H. The zero-order valence-corrected chi connectivity index (χ0v) is 9.41. The van der Waals surface area contributed by atoms with Gasteiger partial charge in [-0.25, -0.2) is 4.39 Å². The van der Waals surface area contributed by atoms with E-state index in [2.05, 4.69) is 4.98 Å². The molecule has 84 valence electrons. The quantitative estimate of drug-likeness (QED) is 0.641. The molecule has 0 amide bonds. The van der Waals surface area contributed by atoms with Crippen molar-refractivity contribution in [3.05, 3.63) is 53.6 Å². The van der Waals surface area contributed by atoms with Crippen molar-refractivity contribution in [2.75, 3.05) is 0 Å². The minimum Gasteiger partial charge on any atom is -0.462 e. The lowest BCUT2D eigenvalue weighted by atomic mass is 10.1. The number of halogens is 2. The maximum absolute atomic E-state index is 13.2. The van der Waals surface area contributed by atoms with E-state index in [4.69, 9.17) is 16.0 Å². The Morgan fingerprint density at radius 2 is 2.12 bits per heavy atom. The molecule has 2 nitrogen and oxygen atoms in total. The first-order valence-corrected chi connectivity index (χ1v) is 5.40. The summed E-state index contributed by atoms with van der Waals surface area (Å²) in [6.07, 6.45) is 3.10. The second kappa shape index (κ2) is 3.86. The predicted octanol–water partition coefficient (Wildman–Crippen LogP) is 4.29. The van der Waals surface area contributed by atoms with E-state index in [-0.39, 0.29) is 5.82 Å². The lowest BCUT2D eigenvalue weighted by Crippen LogP contribution is -1.80. The Kier molecular flexibility index (Phi) is 2.34. The van der Waals surface area contributed by atoms with Crippen LogP contribution in [0, 0.1) is 5.82 Å². The Morgan fingerprint density at radius 3 is 2.94 bits per heavy atom. The monoisotopic (exact) mass is 247 g/mol. The van der Waals surface area contributed by atoms with Gasteiger partial charge in [0.25, 0.3) is 0 Å². The average Bonchev–Trinajstić information content (AvgIpc) is 2.71. The van der Waals surface area contributed by atoms with Gasteiger partial charge in [-0.1, -0.05) is 23.7 Å². The van der Waals surface area contributed by atoms with Crippen LogP contribution in [0.15, 0.2) is 47.2 Å². The molecule has 0 aliphatic carbocycles. The molecule has 0 fully saturated rings. The topological polar surface area (TPSA) is 26.0 Å². The normalized spacial score (nSPS) is 10.9. The Labute approximate surface area is 102 Å². The summed E-state index contributed by atoms with van der Waals surface area (Å²) in [5.74, 6) is -0.286. The van der Waals surface area contributed by atoms with Crippen molar-refractivity contribution in [3.8, 4) is 11.1 Å². The third kappa shape index (κ3) is 1.78. The fraction of sp³-hybridized carbons (Fsp3) is 0. The number of fused-ring (bicyclic) bond motifs is 1. The Bertz CT molecular complexity index is 693. The lowest BCUT2D eigenvalue weighted by molar-refractivity contribution is 0.616. The molecule has 4 heteroatoms. The molecule has 17 heavy (non-hydrogen) atoms. The highest BCUT2D eigenvalue weighted by Crippen LogP contribution is 2.30. The number of aromatic nitrogens is 1. The number of nitrogens with zero attached hydrogens (tertiary/aromatic N) is 1. The first-order valence-electron chi connectivity index (χ1n) is 5.03. The Balaban J connectivity index is 2.24. The Hall–Kier alpha value is -1.87. The number of hydrogen-bond acceptors (Lipinski definition) is 2. The molecule has 0 saturated carbocycles. The van der Waals surface area contributed by atoms with E-state index in [1.165, 1.54) is 12.1 Å². The van der Waals surface area contributed by atoms with Gasteiger partial charge in [0.2, 0.25) is 0 Å². The molecule has 3 aromatic rings. The van der Waals surface area contributed by atoms with Crippen molar-refractivity contribution < 1.29 is 8.81 Å². The maximum atomic E-state index is 13.2. The van der Waals surface area contributed by atoms with Crippen molar-refractivity contribution >= 4 is 22.7 Å². The van der Waals surface area contributed by atoms with E-state index in [0.717, 1.165) is 11.1 Å². The minimum absolute atomic E-state index is 0.286. The van der Waals surface area contributed by atoms with Crippen molar-refractivity contribution in [3.63, 3.8) is 0 Å². The van der Waals surface area contributed by atoms with Crippen LogP contribution in [0.1, 0.15) is 0 Å². The summed E-state index contributed by atoms with van der Waals surface area (Å²) in [6.45, 7) is 0. The van der Waals surface area contributed by atoms with E-state index >= 15 is 0 Å². The van der Waals surface area contributed by atoms with Crippen LogP contribution in [0.2, 0.25) is 5.02 Å². The highest BCUT2D eigenvalue weighted by Gasteiger charge is 2.10. The van der Waals surface area contributed by atoms with E-state index in [1.54, 1.807) is 24.6 Å². The molecule has 0 aliphatic rings. The van der Waals surface area contributed by atoms with Gasteiger partial charge in [0.1, 0.15) is 17.6 Å². The van der Waals surface area contributed by atoms with Crippen molar-refractivity contribution in [2.24, 2.45) is 0 Å². The fourth-order valence-electron chi connectivity index (χ4n) is 1.75. The molecule has 2 aromatic heterocycles. The molecule has 0 N–H and O–H groups in total. The van der Waals surface area contributed by atoms with Gasteiger partial charge >= 0.3 is 0 Å². The van der Waals surface area contributed by atoms with Crippen LogP contribution in [0.3, 0.4) is 0 Å². The third-order valence-corrected chi connectivity index (χ3v) is 2.72. The van der Waals surface area contributed by atoms with Gasteiger partial charge in [0.05, 0.1) is 5.02 Å². The molecule has 3 rings (SSSR count). The van der Waals surface area contributed by atoms with Crippen LogP contribution in [-0.2, 0) is 0 Å². The van der Waals surface area contributed by atoms with Crippen molar-refractivity contribution in [1.82, 2.24) is 4.98 Å². The molecule has 0 bridgehead atoms. The van der Waals surface area contributed by atoms with Gasteiger partial charge in [-0.2, -0.15) is 0 Å². The molecule has 1 aromatic carbocycles. The van der Waals surface area contributed by atoms with E-state index in [0.29, 0.717) is 16.1 Å². The zero-order valence-electron chi connectivity index (χ0n) is 8.65. The van der Waals surface area contributed by atoms with Gasteiger partial charge in [0, 0.05) is 17.8 Å². The smallest absolute Gasteiger partial charge is 0.154 e. The van der Waals surface area contributed by atoms with Gasteiger partial charge in [-0.3, -0.25) is 4.98 Å². The second-order valence-corrected chi connectivity index (χ2v) is 4.10. The average molecular weight is 248 g/mol. The van der Waals surface area contributed by atoms with Crippen molar-refractivity contribution in [2.45, 2.75) is 0 Å². The number of pyridine rings is 1. The second-order valence-electron chi connectivity index (χ2n) is 3.66. The lowest BCUT2D eigenvalue weighted by Gasteiger charge is -1.97. The van der Waals surface area contributed by atoms with Gasteiger partial charge < -0.3 is 4.42 Å². The van der Waals surface area contributed by atoms with Crippen LogP contribution in [0.5, 0.6) is 0 Å². The van der Waals surface area contributed by atoms with Gasteiger partial charge in [-0.05, 0) is 17.7 Å². The van der Waals surface area contributed by atoms with Gasteiger partial charge in [-0.15, -0.1) is 0 Å². The molecule has 0 radical (unpaired) electrons. The minimum atomic E-state index is -0.286. The van der Waals surface area contributed by atoms with E-state index in [9.17, 15) is 4.39 Å². The molecule has 2 heterocycles. The molecular weight excluding hydrogens is 241 g/mol. The predicted molar refractivity (Wildman–Crippen MR) is 64.4 cm³/mol. The summed E-state index contributed by atoms with van der Waals surface area (Å²) in [4.78, 5) is 4.20. The first kappa shape index (κ1) is 10.3. The molecular formula is C13H7ClFNO. The number of hydrogen-bond donors (Lipinski definition) is 0. The summed E-state index contributed by atoms with van der Waals surface area (Å²) in [7, 11) is 0. The third-order valence-electron chi connectivity index (χ3n) is 2.51. The fourth-order valence-corrected chi connectivity index (χ4v) is 1.90. The van der Waals surface area contributed by atoms with Crippen molar-refractivity contribution in [1.29, 1.82) is 0 Å². The van der Waals surface area contributed by atoms with Crippen LogP contribution in [-0.4, -0.2) is 4.98 Å². The summed E-state index contributed by atoms with van der Waals surface area (Å²) < 4.78 is 18.5. The number of furan rings is 1. The number of benzene rings is 1. The van der Waals surface area contributed by atoms with Crippen LogP contribution < -0.4 is 0 Å². The molecule has 0 saturated heterocycles. The largest absolute Gasteiger partial charge is 0.462 e. The first-order chi connectivity index (χ1) is 8.24. The maximum Gasteiger partial charge on any atom is 0.154 e. The highest BCUT2D eigenvalue weighted by molar-refractivity contribution is 6.31. The van der Waals surface area contributed by atoms with Crippen LogP contribution >= 0.6 is 11.6 Å². The molecule has 0 atom stereocenters. The molecule has 0 unspecified atom stereocenters. The summed E-state index contributed by atoms with van der Waals surface area (Å²) in [5, 5.41) is 0.512. The molecule has 0 spiro atoms. The summed E-state index contributed by atoms with van der Waals surface area (Å²) >= 11 is 5.82. The number of rotatable bonds is 1. The van der Waals surface area contributed by atoms with Crippen LogP contribution in [0.4, 0.5) is 4.39 Å². The SMILES string of the molecule is Fc1cccc(-c2coc3cc(Cl)cnc23)c1. The van der Waals surface area contributed by atoms with Crippen LogP contribution in [0.25, 0.3) is 22.2 Å². The molecule has 0 aliphatic heterocycles. The zero-order chi connectivity index (χ0) is 11.8. The van der Waals surface area contributed by atoms with Gasteiger partial charge in [0.15, 0.2) is 5.58 Å². The Morgan fingerprint density at radius 1 is 1.24 bits per heavy atom. The summed E-state index contributed by atoms with van der Waals surface area (Å²) in [6, 6.07) is 7.99.